The topological polar surface area (TPSA) is 54.3 Å². The first-order valence-electron chi connectivity index (χ1n) is 9.17. The molecule has 0 aliphatic carbocycles. The molecule has 3 rings (SSSR count). The molecule has 26 heavy (non-hydrogen) atoms. The van der Waals surface area contributed by atoms with Gasteiger partial charge in [0.05, 0.1) is 17.4 Å². The minimum Gasteiger partial charge on any atom is -0.338 e. The van der Waals surface area contributed by atoms with Gasteiger partial charge >= 0.3 is 0 Å². The molecule has 1 aromatic carbocycles. The fraction of sp³-hybridized carbons (Fsp3) is 0.450. The summed E-state index contributed by atoms with van der Waals surface area (Å²) in [6.45, 7) is 12.7. The van der Waals surface area contributed by atoms with Crippen LogP contribution in [0.3, 0.4) is 0 Å². The molecule has 138 valence electrons. The second kappa shape index (κ2) is 7.83. The third-order valence-corrected chi connectivity index (χ3v) is 4.89. The molecular weight excluding hydrogens is 326 g/mol. The second-order valence-corrected chi connectivity index (χ2v) is 6.94. The summed E-state index contributed by atoms with van der Waals surface area (Å²) in [7, 11) is 0. The molecule has 0 bridgehead atoms. The molecule has 6 heteroatoms. The quantitative estimate of drug-likeness (QED) is 0.749. The van der Waals surface area contributed by atoms with Crippen molar-refractivity contribution in [3.05, 3.63) is 53.9 Å². The van der Waals surface area contributed by atoms with Gasteiger partial charge in [-0.05, 0) is 32.9 Å². The molecule has 0 saturated heterocycles. The first-order chi connectivity index (χ1) is 12.5. The van der Waals surface area contributed by atoms with Gasteiger partial charge in [0.15, 0.2) is 0 Å². The maximum absolute atomic E-state index is 12.8. The molecule has 2 heterocycles. The third kappa shape index (κ3) is 3.70. The summed E-state index contributed by atoms with van der Waals surface area (Å²) in [6, 6.07) is 9.88. The number of likely N-dealkylation sites (N-methyl/N-ethyl adjacent to an activating group) is 1. The van der Waals surface area contributed by atoms with Crippen molar-refractivity contribution >= 4 is 5.91 Å². The summed E-state index contributed by atoms with van der Waals surface area (Å²) in [5.41, 5.74) is 4.13. The summed E-state index contributed by atoms with van der Waals surface area (Å²) in [4.78, 5) is 16.9. The molecule has 0 saturated carbocycles. The molecule has 6 nitrogen and oxygen atoms in total. The Morgan fingerprint density at radius 1 is 1.35 bits per heavy atom. The lowest BCUT2D eigenvalue weighted by Gasteiger charge is -2.34. The minimum atomic E-state index is -0.177. The van der Waals surface area contributed by atoms with Crippen LogP contribution in [-0.4, -0.2) is 56.4 Å². The number of nitrogens with zero attached hydrogens (tertiary/aromatic N) is 5. The molecule has 0 fully saturated rings. The predicted molar refractivity (Wildman–Crippen MR) is 102 cm³/mol. The highest BCUT2D eigenvalue weighted by Crippen LogP contribution is 2.22. The maximum Gasteiger partial charge on any atom is 0.239 e. The van der Waals surface area contributed by atoms with Crippen molar-refractivity contribution in [2.24, 2.45) is 0 Å². The van der Waals surface area contributed by atoms with Crippen molar-refractivity contribution < 1.29 is 4.79 Å². The van der Waals surface area contributed by atoms with Gasteiger partial charge in [-0.25, -0.2) is 4.68 Å². The van der Waals surface area contributed by atoms with E-state index in [0.717, 1.165) is 35.6 Å². The van der Waals surface area contributed by atoms with E-state index in [9.17, 15) is 4.79 Å². The fourth-order valence-corrected chi connectivity index (χ4v) is 3.43. The molecule has 1 aliphatic heterocycles. The largest absolute Gasteiger partial charge is 0.338 e. The van der Waals surface area contributed by atoms with Gasteiger partial charge in [-0.1, -0.05) is 35.6 Å². The van der Waals surface area contributed by atoms with E-state index < -0.39 is 0 Å². The van der Waals surface area contributed by atoms with E-state index in [1.54, 1.807) is 0 Å². The van der Waals surface area contributed by atoms with Gasteiger partial charge in [-0.15, -0.1) is 5.10 Å². The number of rotatable bonds is 6. The monoisotopic (exact) mass is 353 g/mol. The summed E-state index contributed by atoms with van der Waals surface area (Å²) in [5.74, 6) is 0.148. The van der Waals surface area contributed by atoms with Crippen molar-refractivity contribution in [3.63, 3.8) is 0 Å². The van der Waals surface area contributed by atoms with Crippen molar-refractivity contribution in [1.29, 1.82) is 0 Å². The standard InChI is InChI=1S/C20H27N5O/c1-5-23(13-15(2)3)20(26)16(4)24-12-11-19-18(14-24)21-22-25(19)17-9-7-6-8-10-17/h6-10,16H,2,5,11-14H2,1,3-4H3. The molecular formula is C20H27N5O. The number of para-hydroxylation sites is 1. The van der Waals surface area contributed by atoms with Gasteiger partial charge in [0, 0.05) is 32.6 Å². The van der Waals surface area contributed by atoms with E-state index in [2.05, 4.69) is 21.8 Å². The van der Waals surface area contributed by atoms with Gasteiger partial charge in [0.25, 0.3) is 0 Å². The summed E-state index contributed by atoms with van der Waals surface area (Å²) in [6.07, 6.45) is 0.835. The molecule has 1 amide bonds. The summed E-state index contributed by atoms with van der Waals surface area (Å²) in [5, 5.41) is 8.70. The molecule has 1 atom stereocenters. The molecule has 0 radical (unpaired) electrons. The minimum absolute atomic E-state index is 0.148. The van der Waals surface area contributed by atoms with Gasteiger partial charge < -0.3 is 4.90 Å². The van der Waals surface area contributed by atoms with Crippen LogP contribution in [0.15, 0.2) is 42.5 Å². The van der Waals surface area contributed by atoms with Crippen LogP contribution in [0.25, 0.3) is 5.69 Å². The van der Waals surface area contributed by atoms with E-state index in [1.807, 2.05) is 60.7 Å². The van der Waals surface area contributed by atoms with Crippen LogP contribution >= 0.6 is 0 Å². The Morgan fingerprint density at radius 3 is 2.73 bits per heavy atom. The lowest BCUT2D eigenvalue weighted by atomic mass is 10.1. The number of carbonyl (C=O) groups is 1. The first kappa shape index (κ1) is 18.3. The Balaban J connectivity index is 1.73. The number of amides is 1. The Hall–Kier alpha value is -2.47. The van der Waals surface area contributed by atoms with E-state index in [-0.39, 0.29) is 11.9 Å². The van der Waals surface area contributed by atoms with Gasteiger partial charge in [-0.3, -0.25) is 9.69 Å². The van der Waals surface area contributed by atoms with Crippen molar-refractivity contribution in [3.8, 4) is 5.69 Å². The smallest absolute Gasteiger partial charge is 0.239 e. The van der Waals surface area contributed by atoms with Crippen LogP contribution in [0.4, 0.5) is 0 Å². The molecule has 1 aliphatic rings. The van der Waals surface area contributed by atoms with E-state index in [4.69, 9.17) is 0 Å². The Bertz CT molecular complexity index is 783. The van der Waals surface area contributed by atoms with Crippen molar-refractivity contribution in [1.82, 2.24) is 24.8 Å². The van der Waals surface area contributed by atoms with E-state index >= 15 is 0 Å². The highest BCUT2D eigenvalue weighted by molar-refractivity contribution is 5.81. The third-order valence-electron chi connectivity index (χ3n) is 4.89. The van der Waals surface area contributed by atoms with Crippen LogP contribution in [-0.2, 0) is 17.8 Å². The normalized spacial score (nSPS) is 15.3. The summed E-state index contributed by atoms with van der Waals surface area (Å²) >= 11 is 0. The lowest BCUT2D eigenvalue weighted by Crippen LogP contribution is -2.49. The average molecular weight is 353 g/mol. The van der Waals surface area contributed by atoms with Crippen molar-refractivity contribution in [2.75, 3.05) is 19.6 Å². The van der Waals surface area contributed by atoms with Crippen LogP contribution in [0, 0.1) is 0 Å². The van der Waals surface area contributed by atoms with Crippen molar-refractivity contribution in [2.45, 2.75) is 39.8 Å². The van der Waals surface area contributed by atoms with Gasteiger partial charge in [-0.2, -0.15) is 0 Å². The van der Waals surface area contributed by atoms with Crippen LogP contribution in [0.5, 0.6) is 0 Å². The van der Waals surface area contributed by atoms with Gasteiger partial charge in [0.1, 0.15) is 5.69 Å². The highest BCUT2D eigenvalue weighted by Gasteiger charge is 2.30. The number of aromatic nitrogens is 3. The number of carbonyl (C=O) groups excluding carboxylic acids is 1. The number of benzene rings is 1. The predicted octanol–water partition coefficient (Wildman–Crippen LogP) is 2.44. The second-order valence-electron chi connectivity index (χ2n) is 6.94. The molecule has 0 spiro atoms. The zero-order chi connectivity index (χ0) is 18.7. The van der Waals surface area contributed by atoms with Gasteiger partial charge in [0.2, 0.25) is 5.91 Å². The highest BCUT2D eigenvalue weighted by atomic mass is 16.2. The number of hydrogen-bond donors (Lipinski definition) is 0. The first-order valence-corrected chi connectivity index (χ1v) is 9.17. The summed E-state index contributed by atoms with van der Waals surface area (Å²) < 4.78 is 1.92. The van der Waals surface area contributed by atoms with Crippen LogP contribution < -0.4 is 0 Å². The number of hydrogen-bond acceptors (Lipinski definition) is 4. The zero-order valence-electron chi connectivity index (χ0n) is 15.9. The van der Waals surface area contributed by atoms with E-state index in [0.29, 0.717) is 19.6 Å². The molecule has 2 aromatic rings. The Morgan fingerprint density at radius 2 is 2.08 bits per heavy atom. The van der Waals surface area contributed by atoms with Crippen LogP contribution in [0.2, 0.25) is 0 Å². The van der Waals surface area contributed by atoms with E-state index in [1.165, 1.54) is 0 Å². The Kier molecular flexibility index (Phi) is 5.52. The fourth-order valence-electron chi connectivity index (χ4n) is 3.43. The molecule has 1 aromatic heterocycles. The zero-order valence-corrected chi connectivity index (χ0v) is 15.9. The average Bonchev–Trinajstić information content (AvgIpc) is 3.08. The maximum atomic E-state index is 12.8. The SMILES string of the molecule is C=C(C)CN(CC)C(=O)C(C)N1CCc2c(nnn2-c2ccccc2)C1. The number of fused-ring (bicyclic) bond motifs is 1. The lowest BCUT2D eigenvalue weighted by molar-refractivity contribution is -0.136. The Labute approximate surface area is 155 Å². The molecule has 0 N–H and O–H groups in total. The molecule has 1 unspecified atom stereocenters. The van der Waals surface area contributed by atoms with Crippen LogP contribution in [0.1, 0.15) is 32.2 Å².